The first kappa shape index (κ1) is 17.6. The number of para-hydroxylation sites is 1. The second-order valence-electron chi connectivity index (χ2n) is 7.32. The molecule has 0 atom stereocenters. The zero-order valence-corrected chi connectivity index (χ0v) is 17.5. The molecule has 11 heteroatoms. The van der Waals surface area contributed by atoms with Gasteiger partial charge in [-0.15, -0.1) is 15.0 Å². The number of anilines is 3. The third-order valence-electron chi connectivity index (χ3n) is 5.14. The van der Waals surface area contributed by atoms with Crippen molar-refractivity contribution in [3.8, 4) is 11.4 Å². The Morgan fingerprint density at radius 3 is 2.75 bits per heavy atom. The lowest BCUT2D eigenvalue weighted by molar-refractivity contribution is -0.122. The third-order valence-corrected chi connectivity index (χ3v) is 5.14. The Balaban J connectivity index is 1.71. The number of nitrogens with zero attached hydrogens (tertiary/aromatic N) is 5. The summed E-state index contributed by atoms with van der Waals surface area (Å²) in [7, 11) is 1.47. The van der Waals surface area contributed by atoms with E-state index in [2.05, 4.69) is 31.0 Å². The maximum absolute atomic E-state index is 12.7. The molecule has 0 radical (unpaired) electrons. The first-order chi connectivity index (χ1) is 16.6. The monoisotopic (exact) mass is 439 g/mol. The zero-order valence-electron chi connectivity index (χ0n) is 20.5. The highest BCUT2D eigenvalue weighted by molar-refractivity contribution is 5.99. The molecule has 2 heterocycles. The molecule has 4 rings (SSSR count). The Morgan fingerprint density at radius 2 is 2.09 bits per heavy atom. The number of nitrogens with one attached hydrogen (secondary N) is 3. The smallest absolute Gasteiger partial charge is 0.273 e. The van der Waals surface area contributed by atoms with Gasteiger partial charge in [0.05, 0.1) is 30.4 Å². The van der Waals surface area contributed by atoms with Crippen LogP contribution in [0.15, 0.2) is 30.5 Å². The molecule has 0 aliphatic heterocycles. The van der Waals surface area contributed by atoms with Crippen LogP contribution < -0.4 is 20.7 Å². The summed E-state index contributed by atoms with van der Waals surface area (Å²) < 4.78 is 27.6. The van der Waals surface area contributed by atoms with Crippen molar-refractivity contribution >= 4 is 29.0 Å². The number of hydrogen-bond donors (Lipinski definition) is 3. The summed E-state index contributed by atoms with van der Waals surface area (Å²) in [5, 5.41) is 24.0. The van der Waals surface area contributed by atoms with Crippen molar-refractivity contribution in [2.75, 3.05) is 24.7 Å². The molecule has 2 aromatic heterocycles. The highest BCUT2D eigenvalue weighted by atomic mass is 16.5. The molecule has 1 saturated carbocycles. The lowest BCUT2D eigenvalue weighted by atomic mass is 9.85. The van der Waals surface area contributed by atoms with Crippen LogP contribution >= 0.6 is 0 Å². The standard InChI is InChI=1S/C21H24N8O3/c1-12-11-23-29(28-12)16-9-5-8-14(19(16)32-3)24-15-10-17(25-20(30)13-6-4-7-13)26-27-18(15)21(31)22-2/h5,8-11,13H,4,6-7H2,1-3H3,(H,22,31)(H2,24,25,26,30)/i2D3. The minimum Gasteiger partial charge on any atom is -0.492 e. The number of ether oxygens (including phenoxy) is 1. The quantitative estimate of drug-likeness (QED) is 0.510. The number of amides is 2. The van der Waals surface area contributed by atoms with Crippen LogP contribution in [0.5, 0.6) is 5.75 Å². The van der Waals surface area contributed by atoms with Crippen LogP contribution in [0.2, 0.25) is 0 Å². The maximum atomic E-state index is 12.7. The number of aryl methyl sites for hydroxylation is 1. The van der Waals surface area contributed by atoms with E-state index < -0.39 is 12.9 Å². The summed E-state index contributed by atoms with van der Waals surface area (Å²) in [6.07, 6.45) is 4.19. The molecule has 0 bridgehead atoms. The van der Waals surface area contributed by atoms with Gasteiger partial charge in [0.25, 0.3) is 5.91 Å². The van der Waals surface area contributed by atoms with E-state index in [1.54, 1.807) is 31.3 Å². The molecular formula is C21H24N8O3. The predicted octanol–water partition coefficient (Wildman–Crippen LogP) is 2.22. The number of methoxy groups -OCH3 is 1. The minimum absolute atomic E-state index is 0.0893. The summed E-state index contributed by atoms with van der Waals surface area (Å²) in [4.78, 5) is 26.4. The summed E-state index contributed by atoms with van der Waals surface area (Å²) in [5.41, 5.74) is 1.50. The van der Waals surface area contributed by atoms with E-state index in [0.717, 1.165) is 19.3 Å². The first-order valence-electron chi connectivity index (χ1n) is 11.5. The normalized spacial score (nSPS) is 15.0. The van der Waals surface area contributed by atoms with Crippen molar-refractivity contribution in [2.45, 2.75) is 26.2 Å². The van der Waals surface area contributed by atoms with Gasteiger partial charge in [0, 0.05) is 23.1 Å². The van der Waals surface area contributed by atoms with Gasteiger partial charge in [0.2, 0.25) is 5.91 Å². The van der Waals surface area contributed by atoms with E-state index in [4.69, 9.17) is 8.85 Å². The van der Waals surface area contributed by atoms with Gasteiger partial charge in [-0.05, 0) is 31.9 Å². The predicted molar refractivity (Wildman–Crippen MR) is 117 cm³/mol. The van der Waals surface area contributed by atoms with Crippen LogP contribution in [0.3, 0.4) is 0 Å². The van der Waals surface area contributed by atoms with E-state index >= 15 is 0 Å². The van der Waals surface area contributed by atoms with E-state index in [-0.39, 0.29) is 29.0 Å². The Bertz CT molecular complexity index is 1260. The average molecular weight is 439 g/mol. The highest BCUT2D eigenvalue weighted by Gasteiger charge is 2.26. The van der Waals surface area contributed by atoms with E-state index in [0.29, 0.717) is 22.8 Å². The summed E-state index contributed by atoms with van der Waals surface area (Å²) >= 11 is 0. The molecule has 32 heavy (non-hydrogen) atoms. The van der Waals surface area contributed by atoms with Crippen LogP contribution in [0.25, 0.3) is 5.69 Å². The lowest BCUT2D eigenvalue weighted by Crippen LogP contribution is -2.29. The van der Waals surface area contributed by atoms with E-state index in [1.807, 2.05) is 5.32 Å². The van der Waals surface area contributed by atoms with Crippen LogP contribution in [-0.4, -0.2) is 51.1 Å². The Labute approximate surface area is 188 Å². The fourth-order valence-electron chi connectivity index (χ4n) is 3.27. The van der Waals surface area contributed by atoms with Crippen molar-refractivity contribution in [1.82, 2.24) is 30.5 Å². The van der Waals surface area contributed by atoms with Gasteiger partial charge >= 0.3 is 0 Å². The van der Waals surface area contributed by atoms with Crippen LogP contribution in [-0.2, 0) is 4.79 Å². The van der Waals surface area contributed by atoms with Crippen molar-refractivity contribution in [3.63, 3.8) is 0 Å². The van der Waals surface area contributed by atoms with Crippen molar-refractivity contribution in [3.05, 3.63) is 41.9 Å². The van der Waals surface area contributed by atoms with Crippen LogP contribution in [0.1, 0.15) is 39.6 Å². The molecule has 11 nitrogen and oxygen atoms in total. The van der Waals surface area contributed by atoms with Gasteiger partial charge in [-0.2, -0.15) is 10.2 Å². The van der Waals surface area contributed by atoms with Gasteiger partial charge in [-0.25, -0.2) is 0 Å². The van der Waals surface area contributed by atoms with Crippen molar-refractivity contribution in [1.29, 1.82) is 0 Å². The van der Waals surface area contributed by atoms with Crippen LogP contribution in [0, 0.1) is 12.8 Å². The molecule has 0 spiro atoms. The molecule has 3 N–H and O–H groups in total. The van der Waals surface area contributed by atoms with Crippen molar-refractivity contribution < 1.29 is 18.4 Å². The number of benzene rings is 1. The molecule has 0 saturated heterocycles. The molecule has 2 amide bonds. The molecule has 1 aliphatic rings. The number of aromatic nitrogens is 5. The molecular weight excluding hydrogens is 412 g/mol. The Kier molecular flexibility index (Phi) is 4.96. The molecule has 1 aromatic carbocycles. The average Bonchev–Trinajstić information content (AvgIpc) is 3.17. The minimum atomic E-state index is -2.73. The molecule has 1 aliphatic carbocycles. The van der Waals surface area contributed by atoms with Crippen LogP contribution in [0.4, 0.5) is 17.2 Å². The van der Waals surface area contributed by atoms with Gasteiger partial charge in [0.1, 0.15) is 5.69 Å². The summed E-state index contributed by atoms with van der Waals surface area (Å²) in [6.45, 7) is -0.926. The molecule has 3 aromatic rings. The van der Waals surface area contributed by atoms with Gasteiger partial charge in [0.15, 0.2) is 17.3 Å². The second kappa shape index (κ2) is 9.00. The molecule has 1 fully saturated rings. The highest BCUT2D eigenvalue weighted by Crippen LogP contribution is 2.34. The van der Waals surface area contributed by atoms with E-state index in [9.17, 15) is 9.59 Å². The maximum Gasteiger partial charge on any atom is 0.273 e. The number of carbonyl (C=O) groups excluding carboxylic acids is 2. The van der Waals surface area contributed by atoms with Gasteiger partial charge in [-0.3, -0.25) is 9.59 Å². The fourth-order valence-corrected chi connectivity index (χ4v) is 3.27. The third kappa shape index (κ3) is 4.22. The fraction of sp³-hybridized carbons (Fsp3) is 0.333. The SMILES string of the molecule is [2H]C([2H])([2H])NC(=O)c1nnc(NC(=O)C2CCC2)cc1Nc1cccc(-n2ncc(C)n2)c1OC. The lowest BCUT2D eigenvalue weighted by Gasteiger charge is -2.23. The van der Waals surface area contributed by atoms with Gasteiger partial charge < -0.3 is 20.7 Å². The Morgan fingerprint density at radius 1 is 1.25 bits per heavy atom. The topological polar surface area (TPSA) is 136 Å². The summed E-state index contributed by atoms with van der Waals surface area (Å²) in [5.74, 6) is -0.753. The van der Waals surface area contributed by atoms with E-state index in [1.165, 1.54) is 18.0 Å². The molecule has 166 valence electrons. The zero-order chi connectivity index (χ0) is 25.2. The molecule has 0 unspecified atom stereocenters. The first-order valence-corrected chi connectivity index (χ1v) is 9.99. The number of carbonyl (C=O) groups is 2. The number of hydrogen-bond acceptors (Lipinski definition) is 8. The Hall–Kier alpha value is -4.02. The number of rotatable bonds is 7. The second-order valence-corrected chi connectivity index (χ2v) is 7.32. The van der Waals surface area contributed by atoms with Gasteiger partial charge in [-0.1, -0.05) is 12.5 Å². The largest absolute Gasteiger partial charge is 0.492 e. The summed E-state index contributed by atoms with van der Waals surface area (Å²) in [6, 6.07) is 6.59. The van der Waals surface area contributed by atoms with Crippen molar-refractivity contribution in [2.24, 2.45) is 5.92 Å².